The first-order chi connectivity index (χ1) is 11.6. The fourth-order valence-electron chi connectivity index (χ4n) is 3.64. The minimum Gasteiger partial charge on any atom is -0.340 e. The van der Waals surface area contributed by atoms with Gasteiger partial charge in [-0.2, -0.15) is 4.31 Å². The molecule has 3 rings (SSSR count). The van der Waals surface area contributed by atoms with Crippen LogP contribution in [0.4, 0.5) is 0 Å². The Kier molecular flexibility index (Phi) is 5.56. The first kappa shape index (κ1) is 17.4. The number of hydrogen-bond acceptors (Lipinski definition) is 3. The van der Waals surface area contributed by atoms with Crippen molar-refractivity contribution in [1.82, 2.24) is 9.21 Å². The fourth-order valence-corrected chi connectivity index (χ4v) is 5.67. The van der Waals surface area contributed by atoms with Crippen LogP contribution >= 0.6 is 0 Å². The third-order valence-electron chi connectivity index (χ3n) is 5.15. The summed E-state index contributed by atoms with van der Waals surface area (Å²) in [5, 5.41) is -0.196. The quantitative estimate of drug-likeness (QED) is 0.816. The van der Waals surface area contributed by atoms with Gasteiger partial charge < -0.3 is 4.90 Å². The Bertz CT molecular complexity index is 646. The molecule has 0 unspecified atom stereocenters. The Morgan fingerprint density at radius 3 is 2.25 bits per heavy atom. The highest BCUT2D eigenvalue weighted by Crippen LogP contribution is 2.27. The lowest BCUT2D eigenvalue weighted by atomic mass is 10.1. The van der Waals surface area contributed by atoms with E-state index in [1.165, 1.54) is 0 Å². The third kappa shape index (κ3) is 3.98. The molecule has 0 spiro atoms. The second-order valence-corrected chi connectivity index (χ2v) is 8.93. The van der Waals surface area contributed by atoms with Crippen molar-refractivity contribution in [1.29, 1.82) is 0 Å². The van der Waals surface area contributed by atoms with Crippen LogP contribution in [-0.4, -0.2) is 55.0 Å². The minimum absolute atomic E-state index is 0.122. The van der Waals surface area contributed by atoms with Crippen LogP contribution in [0.3, 0.4) is 0 Å². The molecule has 24 heavy (non-hydrogen) atoms. The molecule has 1 aromatic rings. The molecule has 1 aromatic carbocycles. The Balaban J connectivity index is 1.48. The minimum atomic E-state index is -3.17. The van der Waals surface area contributed by atoms with Crippen LogP contribution in [0.15, 0.2) is 30.3 Å². The van der Waals surface area contributed by atoms with Gasteiger partial charge in [0.1, 0.15) is 0 Å². The normalized spacial score (nSPS) is 20.4. The van der Waals surface area contributed by atoms with E-state index in [1.54, 1.807) is 4.31 Å². The number of nitrogens with zero attached hydrogens (tertiary/aromatic N) is 2. The molecule has 1 saturated carbocycles. The molecule has 1 saturated heterocycles. The predicted molar refractivity (Wildman–Crippen MR) is 94.1 cm³/mol. The zero-order valence-electron chi connectivity index (χ0n) is 14.1. The summed E-state index contributed by atoms with van der Waals surface area (Å²) in [6, 6.07) is 9.98. The van der Waals surface area contributed by atoms with Gasteiger partial charge in [-0.15, -0.1) is 0 Å². The van der Waals surface area contributed by atoms with E-state index >= 15 is 0 Å². The second-order valence-electron chi connectivity index (χ2n) is 6.72. The number of hydrogen-bond donors (Lipinski definition) is 0. The van der Waals surface area contributed by atoms with Crippen LogP contribution < -0.4 is 0 Å². The first-order valence-electron chi connectivity index (χ1n) is 8.88. The summed E-state index contributed by atoms with van der Waals surface area (Å²) >= 11 is 0. The molecule has 0 bridgehead atoms. The average Bonchev–Trinajstić information content (AvgIpc) is 3.16. The van der Waals surface area contributed by atoms with Crippen molar-refractivity contribution >= 4 is 15.9 Å². The summed E-state index contributed by atoms with van der Waals surface area (Å²) in [6.45, 7) is 1.91. The standard InChI is InChI=1S/C18H26N2O3S/c21-18(11-10-16-6-2-1-3-7-16)19-12-14-20(15-13-19)24(22,23)17-8-4-5-9-17/h1-3,6-7,17H,4-5,8-15H2. The molecule has 1 aliphatic heterocycles. The molecular formula is C18H26N2O3S. The molecule has 1 amide bonds. The van der Waals surface area contributed by atoms with E-state index in [-0.39, 0.29) is 11.2 Å². The van der Waals surface area contributed by atoms with Crippen LogP contribution in [0.25, 0.3) is 0 Å². The van der Waals surface area contributed by atoms with Crippen LogP contribution in [-0.2, 0) is 21.2 Å². The molecule has 0 atom stereocenters. The Morgan fingerprint density at radius 2 is 1.62 bits per heavy atom. The average molecular weight is 350 g/mol. The molecule has 132 valence electrons. The van der Waals surface area contributed by atoms with Crippen LogP contribution in [0.2, 0.25) is 0 Å². The number of piperazine rings is 1. The van der Waals surface area contributed by atoms with Gasteiger partial charge in [0.05, 0.1) is 5.25 Å². The van der Waals surface area contributed by atoms with Gasteiger partial charge in [0, 0.05) is 32.6 Å². The summed E-state index contributed by atoms with van der Waals surface area (Å²) in [4.78, 5) is 14.2. The van der Waals surface area contributed by atoms with E-state index in [0.717, 1.165) is 37.7 Å². The van der Waals surface area contributed by atoms with Crippen LogP contribution in [0.5, 0.6) is 0 Å². The van der Waals surface area contributed by atoms with Gasteiger partial charge in [0.25, 0.3) is 0 Å². The molecule has 6 heteroatoms. The zero-order valence-corrected chi connectivity index (χ0v) is 14.9. The van der Waals surface area contributed by atoms with Crippen LogP contribution in [0, 0.1) is 0 Å². The van der Waals surface area contributed by atoms with Gasteiger partial charge in [-0.25, -0.2) is 8.42 Å². The lowest BCUT2D eigenvalue weighted by Gasteiger charge is -2.35. The summed E-state index contributed by atoms with van der Waals surface area (Å²) < 4.78 is 26.8. The second kappa shape index (κ2) is 7.66. The molecule has 0 N–H and O–H groups in total. The van der Waals surface area contributed by atoms with Crippen molar-refractivity contribution in [3.8, 4) is 0 Å². The molecule has 1 aliphatic carbocycles. The highest BCUT2D eigenvalue weighted by atomic mass is 32.2. The first-order valence-corrected chi connectivity index (χ1v) is 10.4. The summed E-state index contributed by atoms with van der Waals surface area (Å²) in [5.74, 6) is 0.122. The van der Waals surface area contributed by atoms with Crippen molar-refractivity contribution in [3.05, 3.63) is 35.9 Å². The van der Waals surface area contributed by atoms with Gasteiger partial charge in [-0.3, -0.25) is 4.79 Å². The SMILES string of the molecule is O=C(CCc1ccccc1)N1CCN(S(=O)(=O)C2CCCC2)CC1. The highest BCUT2D eigenvalue weighted by Gasteiger charge is 2.36. The maximum atomic E-state index is 12.6. The summed E-state index contributed by atoms with van der Waals surface area (Å²) in [5.41, 5.74) is 1.16. The summed E-state index contributed by atoms with van der Waals surface area (Å²) in [6.07, 6.45) is 4.83. The predicted octanol–water partition coefficient (Wildman–Crippen LogP) is 2.04. The van der Waals surface area contributed by atoms with Gasteiger partial charge in [-0.1, -0.05) is 43.2 Å². The largest absolute Gasteiger partial charge is 0.340 e. The maximum absolute atomic E-state index is 12.6. The third-order valence-corrected chi connectivity index (χ3v) is 7.54. The molecule has 2 fully saturated rings. The lowest BCUT2D eigenvalue weighted by molar-refractivity contribution is -0.132. The molecule has 1 heterocycles. The van der Waals surface area contributed by atoms with E-state index in [2.05, 4.69) is 0 Å². The molecular weight excluding hydrogens is 324 g/mol. The van der Waals surface area contributed by atoms with Crippen molar-refractivity contribution in [2.24, 2.45) is 0 Å². The van der Waals surface area contributed by atoms with Gasteiger partial charge in [0.2, 0.25) is 15.9 Å². The number of rotatable bonds is 5. The molecule has 0 aromatic heterocycles. The van der Waals surface area contributed by atoms with Gasteiger partial charge >= 0.3 is 0 Å². The van der Waals surface area contributed by atoms with E-state index in [0.29, 0.717) is 32.6 Å². The van der Waals surface area contributed by atoms with Crippen molar-refractivity contribution in [2.75, 3.05) is 26.2 Å². The van der Waals surface area contributed by atoms with Crippen molar-refractivity contribution in [2.45, 2.75) is 43.8 Å². The van der Waals surface area contributed by atoms with Crippen LogP contribution in [0.1, 0.15) is 37.7 Å². The number of carbonyl (C=O) groups excluding carboxylic acids is 1. The molecule has 2 aliphatic rings. The Hall–Kier alpha value is -1.40. The molecule has 0 radical (unpaired) electrons. The van der Waals surface area contributed by atoms with Crippen molar-refractivity contribution in [3.63, 3.8) is 0 Å². The lowest BCUT2D eigenvalue weighted by Crippen LogP contribution is -2.52. The van der Waals surface area contributed by atoms with E-state index < -0.39 is 10.0 Å². The Morgan fingerprint density at radius 1 is 1.00 bits per heavy atom. The number of sulfonamides is 1. The van der Waals surface area contributed by atoms with Gasteiger partial charge in [0.15, 0.2) is 0 Å². The number of benzene rings is 1. The topological polar surface area (TPSA) is 57.7 Å². The van der Waals surface area contributed by atoms with E-state index in [1.807, 2.05) is 35.2 Å². The summed E-state index contributed by atoms with van der Waals surface area (Å²) in [7, 11) is -3.17. The fraction of sp³-hybridized carbons (Fsp3) is 0.611. The Labute approximate surface area is 144 Å². The highest BCUT2D eigenvalue weighted by molar-refractivity contribution is 7.89. The van der Waals surface area contributed by atoms with E-state index in [4.69, 9.17) is 0 Å². The zero-order chi connectivity index (χ0) is 17.0. The number of amides is 1. The number of aryl methyl sites for hydroxylation is 1. The monoisotopic (exact) mass is 350 g/mol. The molecule has 5 nitrogen and oxygen atoms in total. The number of carbonyl (C=O) groups is 1. The van der Waals surface area contributed by atoms with E-state index in [9.17, 15) is 13.2 Å². The maximum Gasteiger partial charge on any atom is 0.222 e. The van der Waals surface area contributed by atoms with Crippen molar-refractivity contribution < 1.29 is 13.2 Å². The van der Waals surface area contributed by atoms with Gasteiger partial charge in [-0.05, 0) is 24.8 Å². The smallest absolute Gasteiger partial charge is 0.222 e.